The SMILES string of the molecule is CN1CCC(N(C)c2cc(N3CCOCC3)c([N+](=O)[O-])c3nonc23)CC1. The molecule has 0 spiro atoms. The molecule has 146 valence electrons. The van der Waals surface area contributed by atoms with E-state index < -0.39 is 4.92 Å². The molecule has 0 bridgehead atoms. The zero-order valence-corrected chi connectivity index (χ0v) is 15.6. The molecule has 2 aromatic rings. The fraction of sp³-hybridized carbons (Fsp3) is 0.647. The predicted octanol–water partition coefficient (Wildman–Crippen LogP) is 1.50. The maximum atomic E-state index is 11.8. The summed E-state index contributed by atoms with van der Waals surface area (Å²) < 4.78 is 10.3. The number of ether oxygens (including phenoxy) is 1. The van der Waals surface area contributed by atoms with Gasteiger partial charge in [-0.3, -0.25) is 10.1 Å². The van der Waals surface area contributed by atoms with Gasteiger partial charge in [-0.15, -0.1) is 0 Å². The van der Waals surface area contributed by atoms with E-state index in [0.717, 1.165) is 31.6 Å². The van der Waals surface area contributed by atoms with Crippen LogP contribution in [0.4, 0.5) is 17.1 Å². The van der Waals surface area contributed by atoms with Gasteiger partial charge in [0.15, 0.2) is 5.52 Å². The van der Waals surface area contributed by atoms with Gasteiger partial charge in [-0.2, -0.15) is 0 Å². The lowest BCUT2D eigenvalue weighted by molar-refractivity contribution is -0.382. The summed E-state index contributed by atoms with van der Waals surface area (Å²) in [7, 11) is 4.15. The number of nitro groups is 1. The van der Waals surface area contributed by atoms with Crippen molar-refractivity contribution < 1.29 is 14.3 Å². The fourth-order valence-electron chi connectivity index (χ4n) is 3.97. The van der Waals surface area contributed by atoms with Crippen molar-refractivity contribution in [2.24, 2.45) is 0 Å². The number of likely N-dealkylation sites (tertiary alicyclic amines) is 1. The minimum Gasteiger partial charge on any atom is -0.378 e. The van der Waals surface area contributed by atoms with Gasteiger partial charge in [0.05, 0.1) is 23.8 Å². The first-order chi connectivity index (χ1) is 13.1. The molecule has 0 N–H and O–H groups in total. The highest BCUT2D eigenvalue weighted by Crippen LogP contribution is 2.41. The van der Waals surface area contributed by atoms with Gasteiger partial charge in [0.1, 0.15) is 5.69 Å². The summed E-state index contributed by atoms with van der Waals surface area (Å²) in [4.78, 5) is 17.9. The minimum absolute atomic E-state index is 0.0475. The van der Waals surface area contributed by atoms with Crippen LogP contribution in [0.5, 0.6) is 0 Å². The molecule has 27 heavy (non-hydrogen) atoms. The van der Waals surface area contributed by atoms with Crippen molar-refractivity contribution >= 4 is 28.1 Å². The Morgan fingerprint density at radius 3 is 2.52 bits per heavy atom. The number of aromatic nitrogens is 2. The molecule has 10 heteroatoms. The molecule has 1 aromatic heterocycles. The summed E-state index contributed by atoms with van der Waals surface area (Å²) in [6.45, 7) is 4.36. The molecule has 0 aliphatic carbocycles. The molecular formula is C17H24N6O4. The van der Waals surface area contributed by atoms with Crippen molar-refractivity contribution in [2.45, 2.75) is 18.9 Å². The molecule has 2 fully saturated rings. The van der Waals surface area contributed by atoms with Gasteiger partial charge in [-0.1, -0.05) is 0 Å². The van der Waals surface area contributed by atoms with Crippen LogP contribution in [0.3, 0.4) is 0 Å². The third-order valence-electron chi connectivity index (χ3n) is 5.62. The van der Waals surface area contributed by atoms with E-state index in [1.807, 2.05) is 18.0 Å². The molecule has 0 radical (unpaired) electrons. The lowest BCUT2D eigenvalue weighted by atomic mass is 10.0. The van der Waals surface area contributed by atoms with Crippen LogP contribution in [-0.2, 0) is 4.74 Å². The fourth-order valence-corrected chi connectivity index (χ4v) is 3.97. The summed E-state index contributed by atoms with van der Waals surface area (Å²) in [5.74, 6) is 0. The van der Waals surface area contributed by atoms with Crippen molar-refractivity contribution in [3.8, 4) is 0 Å². The van der Waals surface area contributed by atoms with Crippen LogP contribution in [0.15, 0.2) is 10.7 Å². The van der Waals surface area contributed by atoms with Crippen molar-refractivity contribution in [1.29, 1.82) is 0 Å². The number of hydrogen-bond acceptors (Lipinski definition) is 9. The normalized spacial score (nSPS) is 19.6. The predicted molar refractivity (Wildman–Crippen MR) is 100 cm³/mol. The molecule has 2 saturated heterocycles. The zero-order chi connectivity index (χ0) is 19.0. The lowest BCUT2D eigenvalue weighted by Crippen LogP contribution is -2.42. The zero-order valence-electron chi connectivity index (χ0n) is 15.6. The van der Waals surface area contributed by atoms with Gasteiger partial charge >= 0.3 is 5.69 Å². The first kappa shape index (κ1) is 17.9. The number of nitrogens with zero attached hydrogens (tertiary/aromatic N) is 6. The molecule has 10 nitrogen and oxygen atoms in total. The van der Waals surface area contributed by atoms with Crippen molar-refractivity contribution in [3.63, 3.8) is 0 Å². The van der Waals surface area contributed by atoms with E-state index in [2.05, 4.69) is 27.2 Å². The Morgan fingerprint density at radius 1 is 1.19 bits per heavy atom. The molecule has 2 aliphatic rings. The highest BCUT2D eigenvalue weighted by Gasteiger charge is 2.32. The second kappa shape index (κ2) is 7.28. The van der Waals surface area contributed by atoms with E-state index in [4.69, 9.17) is 9.37 Å². The topological polar surface area (TPSA) is 101 Å². The van der Waals surface area contributed by atoms with E-state index in [9.17, 15) is 10.1 Å². The van der Waals surface area contributed by atoms with E-state index in [-0.39, 0.29) is 11.2 Å². The second-order valence-electron chi connectivity index (χ2n) is 7.23. The monoisotopic (exact) mass is 376 g/mol. The molecule has 4 rings (SSSR count). The van der Waals surface area contributed by atoms with Crippen molar-refractivity contribution in [2.75, 3.05) is 63.3 Å². The Balaban J connectivity index is 1.79. The van der Waals surface area contributed by atoms with Gasteiger partial charge < -0.3 is 19.4 Å². The summed E-state index contributed by atoms with van der Waals surface area (Å²) >= 11 is 0. The standard InChI is InChI=1S/C17H24N6O4/c1-20-5-3-12(4-6-20)21(2)13-11-14(22-7-9-26-10-8-22)17(23(24)25)16-15(13)18-27-19-16/h11-12H,3-10H2,1-2H3. The van der Waals surface area contributed by atoms with Crippen LogP contribution in [0.1, 0.15) is 12.8 Å². The minimum atomic E-state index is -0.392. The Kier molecular flexibility index (Phi) is 4.83. The summed E-state index contributed by atoms with van der Waals surface area (Å²) in [5.41, 5.74) is 1.99. The number of benzene rings is 1. The molecule has 0 saturated carbocycles. The van der Waals surface area contributed by atoms with Crippen LogP contribution >= 0.6 is 0 Å². The third-order valence-corrected chi connectivity index (χ3v) is 5.62. The molecule has 1 aromatic carbocycles. The van der Waals surface area contributed by atoms with Gasteiger partial charge in [0.2, 0.25) is 5.52 Å². The van der Waals surface area contributed by atoms with Crippen LogP contribution in [0.2, 0.25) is 0 Å². The Bertz CT molecular complexity index is 826. The van der Waals surface area contributed by atoms with E-state index in [1.165, 1.54) is 0 Å². The van der Waals surface area contributed by atoms with E-state index >= 15 is 0 Å². The average molecular weight is 376 g/mol. The Hall–Kier alpha value is -2.46. The summed E-state index contributed by atoms with van der Waals surface area (Å²) in [5, 5.41) is 19.7. The number of anilines is 2. The van der Waals surface area contributed by atoms with Crippen LogP contribution < -0.4 is 9.80 Å². The van der Waals surface area contributed by atoms with Crippen molar-refractivity contribution in [1.82, 2.24) is 15.2 Å². The summed E-state index contributed by atoms with van der Waals surface area (Å²) in [6.07, 6.45) is 2.06. The third kappa shape index (κ3) is 3.30. The lowest BCUT2D eigenvalue weighted by Gasteiger charge is -2.37. The second-order valence-corrected chi connectivity index (χ2v) is 7.23. The molecule has 3 heterocycles. The van der Waals surface area contributed by atoms with E-state index in [0.29, 0.717) is 43.5 Å². The van der Waals surface area contributed by atoms with Crippen LogP contribution in [-0.4, -0.2) is 79.7 Å². The first-order valence-electron chi connectivity index (χ1n) is 9.24. The summed E-state index contributed by atoms with van der Waals surface area (Å²) in [6, 6.07) is 2.22. The van der Waals surface area contributed by atoms with Gasteiger partial charge in [0, 0.05) is 26.2 Å². The largest absolute Gasteiger partial charge is 0.378 e. The molecule has 0 atom stereocenters. The number of morpholine rings is 1. The van der Waals surface area contributed by atoms with Gasteiger partial charge in [0.25, 0.3) is 0 Å². The smallest absolute Gasteiger partial charge is 0.323 e. The first-order valence-corrected chi connectivity index (χ1v) is 9.24. The quantitative estimate of drug-likeness (QED) is 0.580. The average Bonchev–Trinajstić information content (AvgIpc) is 3.16. The van der Waals surface area contributed by atoms with Gasteiger partial charge in [-0.25, -0.2) is 4.63 Å². The maximum Gasteiger partial charge on any atom is 0.323 e. The molecule has 0 amide bonds. The maximum absolute atomic E-state index is 11.8. The number of fused-ring (bicyclic) bond motifs is 1. The highest BCUT2D eigenvalue weighted by molar-refractivity contribution is 6.00. The Morgan fingerprint density at radius 2 is 1.85 bits per heavy atom. The van der Waals surface area contributed by atoms with Crippen LogP contribution in [0.25, 0.3) is 11.0 Å². The number of hydrogen-bond donors (Lipinski definition) is 0. The number of nitro benzene ring substituents is 1. The Labute approximate surface area is 156 Å². The van der Waals surface area contributed by atoms with Crippen LogP contribution in [0, 0.1) is 10.1 Å². The highest BCUT2D eigenvalue weighted by atomic mass is 16.6. The molecular weight excluding hydrogens is 352 g/mol. The molecule has 2 aliphatic heterocycles. The number of rotatable bonds is 4. The molecule has 0 unspecified atom stereocenters. The van der Waals surface area contributed by atoms with Crippen molar-refractivity contribution in [3.05, 3.63) is 16.2 Å². The van der Waals surface area contributed by atoms with Gasteiger partial charge in [-0.05, 0) is 49.4 Å². The number of piperidine rings is 1. The van der Waals surface area contributed by atoms with E-state index in [1.54, 1.807) is 0 Å².